The Morgan fingerprint density at radius 1 is 0.345 bits per heavy atom. The van der Waals surface area contributed by atoms with Gasteiger partial charge < -0.3 is 4.42 Å². The van der Waals surface area contributed by atoms with Crippen LogP contribution < -0.4 is 20.7 Å². The Bertz CT molecular complexity index is 3140. The fourth-order valence-corrected chi connectivity index (χ4v) is 15.8. The third-order valence-electron chi connectivity index (χ3n) is 13.0. The molecule has 2 bridgehead atoms. The first-order chi connectivity index (χ1) is 28.8. The van der Waals surface area contributed by atoms with Crippen molar-refractivity contribution >= 4 is 50.8 Å². The van der Waals surface area contributed by atoms with Crippen molar-refractivity contribution in [3.05, 3.63) is 252 Å². The Balaban J connectivity index is 1.19. The van der Waals surface area contributed by atoms with Crippen molar-refractivity contribution in [1.29, 1.82) is 0 Å². The first-order valence-corrected chi connectivity index (χ1v) is 22.3. The summed E-state index contributed by atoms with van der Waals surface area (Å²) >= 11 is 0. The van der Waals surface area contributed by atoms with Gasteiger partial charge in [0.15, 0.2) is 8.07 Å². The molecule has 9 aromatic carbocycles. The van der Waals surface area contributed by atoms with Crippen molar-refractivity contribution in [1.82, 2.24) is 0 Å². The second kappa shape index (κ2) is 13.0. The lowest BCUT2D eigenvalue weighted by molar-refractivity contribution is 0.669. The van der Waals surface area contributed by atoms with Gasteiger partial charge in [-0.3, -0.25) is 0 Å². The summed E-state index contributed by atoms with van der Waals surface area (Å²) in [6, 6.07) is 81.8. The van der Waals surface area contributed by atoms with Crippen LogP contribution in [0.25, 0.3) is 44.2 Å². The quantitative estimate of drug-likeness (QED) is 0.122. The van der Waals surface area contributed by atoms with E-state index in [0.29, 0.717) is 0 Å². The number of para-hydroxylation sites is 2. The summed E-state index contributed by atoms with van der Waals surface area (Å²) in [6.07, 6.45) is 0. The zero-order valence-corrected chi connectivity index (χ0v) is 32.8. The van der Waals surface area contributed by atoms with E-state index in [1.165, 1.54) is 70.8 Å². The van der Waals surface area contributed by atoms with Gasteiger partial charge in [0.05, 0.1) is 0 Å². The molecule has 13 rings (SSSR count). The van der Waals surface area contributed by atoms with Crippen LogP contribution in [0.1, 0.15) is 45.2 Å². The highest BCUT2D eigenvalue weighted by Crippen LogP contribution is 2.58. The first-order valence-electron chi connectivity index (χ1n) is 20.3. The van der Waals surface area contributed by atoms with E-state index in [4.69, 9.17) is 4.42 Å². The molecular formula is C56H38OSi. The summed E-state index contributed by atoms with van der Waals surface area (Å²) in [6.45, 7) is 0. The standard InChI is InChI=1S/C56H38OSi/c1-4-18-37(19-5-1)38-20-14-25-41(36-38)58(39-21-6-2-7-22-39,40-23-8-3-9-24-40)51-35-17-33-49-52-43-27-10-11-28-44(43)55(54(49)51)53-45(29-15-32-48(52)53)47-31-16-30-46-42-26-12-13-34-50(42)57-56(46)47/h1-36,52,55H. The van der Waals surface area contributed by atoms with Crippen LogP contribution in [0.2, 0.25) is 0 Å². The molecule has 0 saturated carbocycles. The topological polar surface area (TPSA) is 13.1 Å². The summed E-state index contributed by atoms with van der Waals surface area (Å²) in [5, 5.41) is 7.92. The largest absolute Gasteiger partial charge is 0.455 e. The summed E-state index contributed by atoms with van der Waals surface area (Å²) in [5.74, 6) is 0.129. The van der Waals surface area contributed by atoms with Crippen LogP contribution in [-0.4, -0.2) is 8.07 Å². The van der Waals surface area contributed by atoms with Crippen LogP contribution in [0.15, 0.2) is 223 Å². The smallest absolute Gasteiger partial charge is 0.179 e. The first kappa shape index (κ1) is 33.2. The van der Waals surface area contributed by atoms with Crippen molar-refractivity contribution in [2.75, 3.05) is 0 Å². The lowest BCUT2D eigenvalue weighted by atomic mass is 9.60. The van der Waals surface area contributed by atoms with E-state index in [2.05, 4.69) is 218 Å². The number of rotatable bonds is 6. The zero-order chi connectivity index (χ0) is 38.2. The minimum Gasteiger partial charge on any atom is -0.455 e. The molecule has 2 unspecified atom stereocenters. The highest BCUT2D eigenvalue weighted by Gasteiger charge is 2.49. The van der Waals surface area contributed by atoms with E-state index in [-0.39, 0.29) is 11.8 Å². The van der Waals surface area contributed by atoms with Gasteiger partial charge >= 0.3 is 0 Å². The Labute approximate surface area is 339 Å². The molecule has 0 saturated heterocycles. The molecule has 272 valence electrons. The zero-order valence-electron chi connectivity index (χ0n) is 31.8. The fraction of sp³-hybridized carbons (Fsp3) is 0.0357. The molecule has 2 heteroatoms. The summed E-state index contributed by atoms with van der Waals surface area (Å²) in [7, 11) is -3.00. The summed E-state index contributed by atoms with van der Waals surface area (Å²) in [5.41, 5.74) is 15.3. The molecule has 0 radical (unpaired) electrons. The van der Waals surface area contributed by atoms with Gasteiger partial charge in [0, 0.05) is 28.2 Å². The Morgan fingerprint density at radius 2 is 0.862 bits per heavy atom. The molecule has 0 N–H and O–H groups in total. The highest BCUT2D eigenvalue weighted by molar-refractivity contribution is 7.20. The maximum absolute atomic E-state index is 6.75. The van der Waals surface area contributed by atoms with Crippen molar-refractivity contribution in [2.24, 2.45) is 0 Å². The average molecular weight is 755 g/mol. The van der Waals surface area contributed by atoms with Gasteiger partial charge in [-0.25, -0.2) is 0 Å². The highest BCUT2D eigenvalue weighted by atomic mass is 28.3. The Hall–Kier alpha value is -7.00. The fourth-order valence-electron chi connectivity index (χ4n) is 10.7. The number of furan rings is 1. The summed E-state index contributed by atoms with van der Waals surface area (Å²) < 4.78 is 6.75. The average Bonchev–Trinajstić information content (AvgIpc) is 3.69. The lowest BCUT2D eigenvalue weighted by Crippen LogP contribution is -2.75. The van der Waals surface area contributed by atoms with Gasteiger partial charge in [-0.2, -0.15) is 0 Å². The monoisotopic (exact) mass is 754 g/mol. The molecular weight excluding hydrogens is 717 g/mol. The van der Waals surface area contributed by atoms with Gasteiger partial charge in [-0.05, 0) is 76.9 Å². The van der Waals surface area contributed by atoms with Gasteiger partial charge in [-0.1, -0.05) is 212 Å². The van der Waals surface area contributed by atoms with E-state index in [1.807, 2.05) is 0 Å². The Morgan fingerprint density at radius 3 is 1.62 bits per heavy atom. The van der Waals surface area contributed by atoms with Crippen molar-refractivity contribution in [3.8, 4) is 22.3 Å². The number of fused-ring (bicyclic) bond motifs is 3. The van der Waals surface area contributed by atoms with Gasteiger partial charge in [0.1, 0.15) is 11.2 Å². The third-order valence-corrected chi connectivity index (χ3v) is 17.8. The van der Waals surface area contributed by atoms with E-state index >= 15 is 0 Å². The molecule has 1 heterocycles. The van der Waals surface area contributed by atoms with E-state index in [9.17, 15) is 0 Å². The molecule has 3 aliphatic carbocycles. The molecule has 10 aromatic rings. The molecule has 0 amide bonds. The van der Waals surface area contributed by atoms with Crippen molar-refractivity contribution in [2.45, 2.75) is 11.8 Å². The second-order valence-electron chi connectivity index (χ2n) is 15.8. The summed E-state index contributed by atoms with van der Waals surface area (Å²) in [4.78, 5) is 0. The number of hydrogen-bond donors (Lipinski definition) is 0. The Kier molecular flexibility index (Phi) is 7.45. The van der Waals surface area contributed by atoms with Crippen LogP contribution in [0.5, 0.6) is 0 Å². The molecule has 3 aliphatic rings. The SMILES string of the molecule is c1ccc(-c2cccc([Si](c3ccccc3)(c3ccccc3)c3cccc4c3C3c5ccccc5C4c4cccc(-c5cccc6c5oc5ccccc56)c43)c2)cc1. The van der Waals surface area contributed by atoms with Crippen LogP contribution in [0.4, 0.5) is 0 Å². The second-order valence-corrected chi connectivity index (χ2v) is 19.6. The number of hydrogen-bond acceptors (Lipinski definition) is 1. The predicted molar refractivity (Wildman–Crippen MR) is 243 cm³/mol. The van der Waals surface area contributed by atoms with E-state index in [1.54, 1.807) is 0 Å². The lowest BCUT2D eigenvalue weighted by Gasteiger charge is -2.47. The minimum atomic E-state index is -3.00. The van der Waals surface area contributed by atoms with E-state index in [0.717, 1.165) is 27.5 Å². The molecule has 58 heavy (non-hydrogen) atoms. The maximum Gasteiger partial charge on any atom is 0.179 e. The van der Waals surface area contributed by atoms with Crippen molar-refractivity contribution < 1.29 is 4.42 Å². The molecule has 1 aromatic heterocycles. The van der Waals surface area contributed by atoms with Crippen LogP contribution in [0, 0.1) is 0 Å². The minimum absolute atomic E-state index is 0.0230. The van der Waals surface area contributed by atoms with E-state index < -0.39 is 8.07 Å². The predicted octanol–water partition coefficient (Wildman–Crippen LogP) is 11.3. The van der Waals surface area contributed by atoms with Gasteiger partial charge in [-0.15, -0.1) is 0 Å². The third kappa shape index (κ3) is 4.70. The van der Waals surface area contributed by atoms with Crippen LogP contribution >= 0.6 is 0 Å². The van der Waals surface area contributed by atoms with Crippen molar-refractivity contribution in [3.63, 3.8) is 0 Å². The van der Waals surface area contributed by atoms with Crippen LogP contribution in [0.3, 0.4) is 0 Å². The molecule has 2 atom stereocenters. The van der Waals surface area contributed by atoms with Crippen LogP contribution in [-0.2, 0) is 0 Å². The molecule has 0 aliphatic heterocycles. The van der Waals surface area contributed by atoms with Gasteiger partial charge in [0.25, 0.3) is 0 Å². The number of benzene rings is 9. The molecule has 0 spiro atoms. The molecule has 1 nitrogen and oxygen atoms in total. The molecule has 0 fully saturated rings. The maximum atomic E-state index is 6.75. The normalized spacial score (nSPS) is 15.2. The van der Waals surface area contributed by atoms with Gasteiger partial charge in [0.2, 0.25) is 0 Å².